The summed E-state index contributed by atoms with van der Waals surface area (Å²) in [4.78, 5) is 0. The predicted molar refractivity (Wildman–Crippen MR) is 160 cm³/mol. The molecule has 0 amide bonds. The van der Waals surface area contributed by atoms with Crippen LogP contribution in [-0.2, 0) is 0 Å². The highest BCUT2D eigenvalue weighted by molar-refractivity contribution is 6.92. The van der Waals surface area contributed by atoms with Crippen LogP contribution in [0.2, 0.25) is 0 Å². The van der Waals surface area contributed by atoms with Crippen molar-refractivity contribution in [3.63, 3.8) is 0 Å². The van der Waals surface area contributed by atoms with Gasteiger partial charge in [0.15, 0.2) is 0 Å². The van der Waals surface area contributed by atoms with E-state index in [-0.39, 0.29) is 9.90 Å². The van der Waals surface area contributed by atoms with Crippen LogP contribution in [0.1, 0.15) is 160 Å². The molecule has 0 aromatic heterocycles. The molecule has 2 fully saturated rings. The average molecular weight is 471 g/mol. The molecule has 0 bridgehead atoms. The van der Waals surface area contributed by atoms with Gasteiger partial charge in [0.1, 0.15) is 0 Å². The fraction of sp³-hybridized carbons (Fsp3) is 0.871. The van der Waals surface area contributed by atoms with E-state index in [9.17, 15) is 0 Å². The topological polar surface area (TPSA) is 0 Å². The first kappa shape index (κ1) is 39.1. The van der Waals surface area contributed by atoms with Gasteiger partial charge in [-0.25, -0.2) is 0 Å². The van der Waals surface area contributed by atoms with Gasteiger partial charge in [0.2, 0.25) is 0 Å². The molecular formula is C31H67P. The molecule has 1 heteroatoms. The van der Waals surface area contributed by atoms with Crippen molar-refractivity contribution >= 4 is 9.90 Å². The van der Waals surface area contributed by atoms with Crippen LogP contribution in [0.5, 0.6) is 0 Å². The number of unbranched alkanes of at least 4 members (excludes halogenated alkanes) is 2. The van der Waals surface area contributed by atoms with Crippen LogP contribution < -0.4 is 0 Å². The lowest BCUT2D eigenvalue weighted by Gasteiger charge is -2.56. The minimum atomic E-state index is 0. The minimum absolute atomic E-state index is 0. The Bertz CT molecular complexity index is 385. The van der Waals surface area contributed by atoms with E-state index in [0.717, 1.165) is 23.7 Å². The van der Waals surface area contributed by atoms with Crippen LogP contribution in [0, 0.1) is 17.3 Å². The van der Waals surface area contributed by atoms with Gasteiger partial charge in [-0.2, -0.15) is 9.90 Å². The molecule has 0 aliphatic heterocycles. The van der Waals surface area contributed by atoms with Crippen LogP contribution in [0.3, 0.4) is 0 Å². The van der Waals surface area contributed by atoms with Crippen molar-refractivity contribution in [1.82, 2.24) is 0 Å². The third-order valence-electron chi connectivity index (χ3n) is 6.62. The van der Waals surface area contributed by atoms with Gasteiger partial charge < -0.3 is 0 Å². The molecule has 2 aliphatic rings. The summed E-state index contributed by atoms with van der Waals surface area (Å²) in [5.41, 5.74) is 2.36. The van der Waals surface area contributed by atoms with E-state index in [0.29, 0.717) is 0 Å². The Morgan fingerprint density at radius 2 is 1.38 bits per heavy atom. The largest absolute Gasteiger partial charge is 0.153 e. The second-order valence-corrected chi connectivity index (χ2v) is 9.42. The third-order valence-corrected chi connectivity index (χ3v) is 6.62. The molecule has 196 valence electrons. The highest BCUT2D eigenvalue weighted by Gasteiger charge is 2.49. The number of hydrogen-bond donors (Lipinski definition) is 0. The molecule has 0 spiro atoms. The van der Waals surface area contributed by atoms with Crippen molar-refractivity contribution < 1.29 is 0 Å². The first-order valence-electron chi connectivity index (χ1n) is 14.3. The smallest absolute Gasteiger partial charge is 0.0297 e. The molecule has 0 N–H and O–H groups in total. The Morgan fingerprint density at radius 1 is 0.875 bits per heavy atom. The summed E-state index contributed by atoms with van der Waals surface area (Å²) in [6.07, 6.45) is 24.7. The van der Waals surface area contributed by atoms with E-state index in [1.165, 1.54) is 82.6 Å². The number of rotatable bonds is 10. The monoisotopic (exact) mass is 470 g/mol. The van der Waals surface area contributed by atoms with Crippen molar-refractivity contribution in [1.29, 1.82) is 0 Å². The highest BCUT2D eigenvalue weighted by Crippen LogP contribution is 2.60. The van der Waals surface area contributed by atoms with Gasteiger partial charge in [0.05, 0.1) is 0 Å². The predicted octanol–water partition coefficient (Wildman–Crippen LogP) is 12.0. The Balaban J connectivity index is -0.000000169. The molecule has 2 aliphatic carbocycles. The van der Waals surface area contributed by atoms with E-state index in [4.69, 9.17) is 0 Å². The van der Waals surface area contributed by atoms with E-state index in [1.54, 1.807) is 0 Å². The summed E-state index contributed by atoms with van der Waals surface area (Å²) in [5.74, 6) is 2.13. The number of hydrogen-bond acceptors (Lipinski definition) is 0. The van der Waals surface area contributed by atoms with Crippen LogP contribution in [-0.4, -0.2) is 0 Å². The fourth-order valence-corrected chi connectivity index (χ4v) is 4.05. The van der Waals surface area contributed by atoms with Crippen LogP contribution >= 0.6 is 9.90 Å². The maximum absolute atomic E-state index is 2.44. The van der Waals surface area contributed by atoms with Crippen LogP contribution in [0.25, 0.3) is 0 Å². The zero-order chi connectivity index (χ0) is 24.5. The molecule has 2 atom stereocenters. The lowest BCUT2D eigenvalue weighted by atomic mass is 9.49. The maximum atomic E-state index is 2.44. The summed E-state index contributed by atoms with van der Waals surface area (Å²) >= 11 is 0. The van der Waals surface area contributed by atoms with Gasteiger partial charge in [-0.1, -0.05) is 132 Å². The molecule has 32 heavy (non-hydrogen) atoms. The van der Waals surface area contributed by atoms with Gasteiger partial charge in [0.25, 0.3) is 0 Å². The second-order valence-electron chi connectivity index (χ2n) is 9.42. The highest BCUT2D eigenvalue weighted by atomic mass is 31.0. The lowest BCUT2D eigenvalue weighted by Crippen LogP contribution is -2.45. The minimum Gasteiger partial charge on any atom is -0.153 e. The third kappa shape index (κ3) is 21.7. The molecule has 0 nitrogen and oxygen atoms in total. The molecule has 2 unspecified atom stereocenters. The van der Waals surface area contributed by atoms with Crippen molar-refractivity contribution in [3.05, 3.63) is 23.8 Å². The molecule has 0 aromatic carbocycles. The second kappa shape index (κ2) is 28.9. The summed E-state index contributed by atoms with van der Waals surface area (Å²) in [7, 11) is 0. The molecule has 0 aromatic rings. The molecule has 2 rings (SSSR count). The zero-order valence-corrected chi connectivity index (χ0v) is 26.2. The standard InChI is InChI=1S/C11H20.C9H20.C7H12.2C2H6.H3P/c1-4-6-8-10-11(3)9-7-5-2;1-4-6-8-9(3)7-5-2;1-7-4-2-6(7)3-5-7;2*1-2;/h6,8,10H,4-5,7,9H2,1-3H3;9H,4-8H2,1-3H3;6H,2-5H2,1H3;2*1-2H3;1H3/b8-6-,11-10+;;;;;. The maximum Gasteiger partial charge on any atom is -0.0297 e. The summed E-state index contributed by atoms with van der Waals surface area (Å²) in [5, 5.41) is 0. The normalized spacial score (nSPS) is 21.1. The molecular weight excluding hydrogens is 403 g/mol. The molecule has 0 radical (unpaired) electrons. The average Bonchev–Trinajstić information content (AvgIpc) is 2.80. The van der Waals surface area contributed by atoms with E-state index >= 15 is 0 Å². The van der Waals surface area contributed by atoms with E-state index in [1.807, 2.05) is 27.7 Å². The van der Waals surface area contributed by atoms with Gasteiger partial charge in [-0.3, -0.25) is 0 Å². The van der Waals surface area contributed by atoms with Gasteiger partial charge >= 0.3 is 0 Å². The zero-order valence-electron chi connectivity index (χ0n) is 24.8. The summed E-state index contributed by atoms with van der Waals surface area (Å²) < 4.78 is 0. The number of allylic oxidation sites excluding steroid dienone is 4. The Labute approximate surface area is 210 Å². The Kier molecular flexibility index (Phi) is 35.4. The van der Waals surface area contributed by atoms with Crippen molar-refractivity contribution in [3.8, 4) is 0 Å². The quantitative estimate of drug-likeness (QED) is 0.220. The van der Waals surface area contributed by atoms with Gasteiger partial charge in [0, 0.05) is 0 Å². The molecule has 0 heterocycles. The van der Waals surface area contributed by atoms with Crippen LogP contribution in [0.4, 0.5) is 0 Å². The first-order valence-corrected chi connectivity index (χ1v) is 14.3. The van der Waals surface area contributed by atoms with Crippen molar-refractivity contribution in [2.24, 2.45) is 17.3 Å². The number of fused-ring (bicyclic) bond motifs is 1. The SMILES string of the molecule is CC.CC.CC/C=C\C=C(/C)CCCC.CC12CCC1CC2.CCCCC(C)CCC.P. The lowest BCUT2D eigenvalue weighted by molar-refractivity contribution is -0.0561. The van der Waals surface area contributed by atoms with E-state index in [2.05, 4.69) is 66.7 Å². The van der Waals surface area contributed by atoms with E-state index < -0.39 is 0 Å². The summed E-state index contributed by atoms with van der Waals surface area (Å²) in [6.45, 7) is 23.9. The Hall–Kier alpha value is -0.0900. The first-order chi connectivity index (χ1) is 14.9. The van der Waals surface area contributed by atoms with Gasteiger partial charge in [-0.15, -0.1) is 0 Å². The molecule has 0 saturated heterocycles. The Morgan fingerprint density at radius 3 is 1.69 bits per heavy atom. The fourth-order valence-electron chi connectivity index (χ4n) is 4.05. The van der Waals surface area contributed by atoms with Gasteiger partial charge in [-0.05, 0) is 69.1 Å². The van der Waals surface area contributed by atoms with Crippen molar-refractivity contribution in [2.45, 2.75) is 160 Å². The summed E-state index contributed by atoms with van der Waals surface area (Å²) in [6, 6.07) is 0. The molecule has 2 saturated carbocycles. The van der Waals surface area contributed by atoms with Crippen molar-refractivity contribution in [2.75, 3.05) is 0 Å². The van der Waals surface area contributed by atoms with Crippen LogP contribution in [0.15, 0.2) is 23.8 Å².